The van der Waals surface area contributed by atoms with E-state index in [9.17, 15) is 4.79 Å². The number of nitrogens with one attached hydrogen (secondary N) is 1. The molecule has 4 rings (SSSR count). The summed E-state index contributed by atoms with van der Waals surface area (Å²) in [6.07, 6.45) is 0.788. The largest absolute Gasteiger partial charge is 0.275 e. The molecule has 0 atom stereocenters. The Morgan fingerprint density at radius 2 is 2.04 bits per heavy atom. The van der Waals surface area contributed by atoms with Crippen molar-refractivity contribution in [1.82, 2.24) is 29.8 Å². The number of rotatable bonds is 5. The van der Waals surface area contributed by atoms with Crippen molar-refractivity contribution in [1.29, 1.82) is 0 Å². The summed E-state index contributed by atoms with van der Waals surface area (Å²) in [6, 6.07) is 9.62. The van der Waals surface area contributed by atoms with Crippen molar-refractivity contribution in [2.45, 2.75) is 31.2 Å². The highest BCUT2D eigenvalue weighted by Gasteiger charge is 2.10. The highest BCUT2D eigenvalue weighted by Crippen LogP contribution is 2.22. The summed E-state index contributed by atoms with van der Waals surface area (Å²) in [4.78, 5) is 21.8. The first kappa shape index (κ1) is 16.9. The third kappa shape index (κ3) is 3.40. The van der Waals surface area contributed by atoms with Crippen molar-refractivity contribution < 1.29 is 0 Å². The first-order valence-corrected chi connectivity index (χ1v) is 9.93. The maximum absolute atomic E-state index is 12.2. The normalized spacial score (nSPS) is 11.3. The number of fused-ring (bicyclic) bond motifs is 1. The smallest absolute Gasteiger partial charge is 0.267 e. The van der Waals surface area contributed by atoms with Gasteiger partial charge in [-0.3, -0.25) is 9.89 Å². The van der Waals surface area contributed by atoms with Crippen LogP contribution in [0.15, 0.2) is 40.3 Å². The van der Waals surface area contributed by atoms with Gasteiger partial charge in [0.2, 0.25) is 10.1 Å². The number of thioether (sulfide) groups is 1. The van der Waals surface area contributed by atoms with Gasteiger partial charge in [0.15, 0.2) is 5.82 Å². The number of H-pyrrole nitrogens is 1. The molecule has 0 unspecified atom stereocenters. The molecule has 3 aromatic heterocycles. The molecule has 132 valence electrons. The molecule has 0 radical (unpaired) electrons. The van der Waals surface area contributed by atoms with Crippen molar-refractivity contribution in [2.75, 3.05) is 0 Å². The summed E-state index contributed by atoms with van der Waals surface area (Å²) in [5.74, 6) is 1.25. The molecule has 0 amide bonds. The van der Waals surface area contributed by atoms with E-state index in [1.165, 1.54) is 39.2 Å². The minimum atomic E-state index is -0.156. The van der Waals surface area contributed by atoms with Crippen molar-refractivity contribution in [3.05, 3.63) is 57.0 Å². The van der Waals surface area contributed by atoms with Crippen LogP contribution in [0.25, 0.3) is 16.3 Å². The fourth-order valence-electron chi connectivity index (χ4n) is 2.40. The first-order valence-electron chi connectivity index (χ1n) is 8.13. The van der Waals surface area contributed by atoms with Gasteiger partial charge in [-0.15, -0.1) is 5.10 Å². The molecule has 1 aromatic carbocycles. The zero-order valence-corrected chi connectivity index (χ0v) is 15.9. The number of aromatic amines is 1. The van der Waals surface area contributed by atoms with Crippen LogP contribution in [-0.4, -0.2) is 29.8 Å². The summed E-state index contributed by atoms with van der Waals surface area (Å²) in [5, 5.41) is 13.0. The molecule has 0 aliphatic rings. The highest BCUT2D eigenvalue weighted by atomic mass is 32.2. The number of aromatic nitrogens is 6. The summed E-state index contributed by atoms with van der Waals surface area (Å²) >= 11 is 2.89. The van der Waals surface area contributed by atoms with Crippen molar-refractivity contribution >= 4 is 28.1 Å². The summed E-state index contributed by atoms with van der Waals surface area (Å²) < 4.78 is 1.36. The third-order valence-corrected chi connectivity index (χ3v) is 5.72. The van der Waals surface area contributed by atoms with Crippen LogP contribution in [0.3, 0.4) is 0 Å². The van der Waals surface area contributed by atoms with Gasteiger partial charge in [-0.25, -0.2) is 9.97 Å². The number of aryl methyl sites for hydroxylation is 2. The molecule has 0 aliphatic carbocycles. The standard InChI is InChI=1S/C17H16N6OS2/c1-3-13-22-23-14(24)8-12(18-17(23)26-13)9-25-16-19-15(20-21-16)11-6-4-10(2)5-7-11/h4-8H,3,9H2,1-2H3,(H,19,20,21). The van der Waals surface area contributed by atoms with Crippen LogP contribution in [-0.2, 0) is 12.2 Å². The number of nitrogens with zero attached hydrogens (tertiary/aromatic N) is 5. The van der Waals surface area contributed by atoms with Gasteiger partial charge in [0.05, 0.1) is 5.69 Å². The zero-order chi connectivity index (χ0) is 18.1. The van der Waals surface area contributed by atoms with E-state index in [2.05, 4.69) is 25.3 Å². The second kappa shape index (κ2) is 7.00. The van der Waals surface area contributed by atoms with Crippen molar-refractivity contribution in [3.8, 4) is 11.4 Å². The summed E-state index contributed by atoms with van der Waals surface area (Å²) in [7, 11) is 0. The maximum Gasteiger partial charge on any atom is 0.275 e. The van der Waals surface area contributed by atoms with E-state index in [0.717, 1.165) is 22.8 Å². The lowest BCUT2D eigenvalue weighted by atomic mass is 10.1. The number of benzene rings is 1. The van der Waals surface area contributed by atoms with Gasteiger partial charge in [-0.1, -0.05) is 59.9 Å². The minimum absolute atomic E-state index is 0.156. The predicted octanol–water partition coefficient (Wildman–Crippen LogP) is 3.10. The molecule has 26 heavy (non-hydrogen) atoms. The summed E-state index contributed by atoms with van der Waals surface area (Å²) in [5.41, 5.74) is 2.74. The van der Waals surface area contributed by atoms with Gasteiger partial charge < -0.3 is 0 Å². The molecule has 7 nitrogen and oxygen atoms in total. The molecule has 0 fully saturated rings. The Kier molecular flexibility index (Phi) is 4.56. The molecule has 4 aromatic rings. The first-order chi connectivity index (χ1) is 12.6. The molecular formula is C17H16N6OS2. The molecule has 3 heterocycles. The Bertz CT molecular complexity index is 1110. The Morgan fingerprint density at radius 1 is 1.23 bits per heavy atom. The molecular weight excluding hydrogens is 368 g/mol. The minimum Gasteiger partial charge on any atom is -0.267 e. The van der Waals surface area contributed by atoms with E-state index < -0.39 is 0 Å². The number of hydrogen-bond acceptors (Lipinski definition) is 7. The average Bonchev–Trinajstić information content (AvgIpc) is 3.27. The molecule has 0 saturated heterocycles. The topological polar surface area (TPSA) is 88.8 Å². The second-order valence-electron chi connectivity index (χ2n) is 5.75. The van der Waals surface area contributed by atoms with E-state index in [1.807, 2.05) is 38.1 Å². The van der Waals surface area contributed by atoms with Gasteiger partial charge in [-0.05, 0) is 13.3 Å². The Hall–Kier alpha value is -2.52. The highest BCUT2D eigenvalue weighted by molar-refractivity contribution is 7.98. The lowest BCUT2D eigenvalue weighted by molar-refractivity contribution is 0.852. The van der Waals surface area contributed by atoms with Gasteiger partial charge in [-0.2, -0.15) is 9.61 Å². The third-order valence-electron chi connectivity index (χ3n) is 3.78. The second-order valence-corrected chi connectivity index (χ2v) is 7.73. The Labute approximate surface area is 157 Å². The molecule has 0 bridgehead atoms. The van der Waals surface area contributed by atoms with E-state index in [4.69, 9.17) is 0 Å². The molecule has 0 spiro atoms. The lowest BCUT2D eigenvalue weighted by Gasteiger charge is -1.98. The van der Waals surface area contributed by atoms with Crippen molar-refractivity contribution in [2.24, 2.45) is 0 Å². The molecule has 0 saturated carbocycles. The average molecular weight is 384 g/mol. The van der Waals surface area contributed by atoms with Crippen LogP contribution < -0.4 is 5.56 Å². The SMILES string of the molecule is CCc1nn2c(=O)cc(CSc3n[nH]c(-c4ccc(C)cc4)n3)nc2s1. The van der Waals surface area contributed by atoms with Crippen LogP contribution in [0.4, 0.5) is 0 Å². The monoisotopic (exact) mass is 384 g/mol. The maximum atomic E-state index is 12.2. The molecule has 1 N–H and O–H groups in total. The van der Waals surface area contributed by atoms with Crippen molar-refractivity contribution in [3.63, 3.8) is 0 Å². The Morgan fingerprint density at radius 3 is 2.81 bits per heavy atom. The van der Waals surface area contributed by atoms with Gasteiger partial charge in [0, 0.05) is 17.4 Å². The predicted molar refractivity (Wildman–Crippen MR) is 103 cm³/mol. The van der Waals surface area contributed by atoms with Crippen LogP contribution in [0, 0.1) is 6.92 Å². The quantitative estimate of drug-likeness (QED) is 0.532. The van der Waals surface area contributed by atoms with Gasteiger partial charge >= 0.3 is 0 Å². The lowest BCUT2D eigenvalue weighted by Crippen LogP contribution is -2.15. The van der Waals surface area contributed by atoms with E-state index in [-0.39, 0.29) is 5.56 Å². The summed E-state index contributed by atoms with van der Waals surface area (Å²) in [6.45, 7) is 4.05. The van der Waals surface area contributed by atoms with Gasteiger partial charge in [0.25, 0.3) is 5.56 Å². The van der Waals surface area contributed by atoms with Crippen LogP contribution in [0.2, 0.25) is 0 Å². The Balaban J connectivity index is 1.51. The van der Waals surface area contributed by atoms with E-state index >= 15 is 0 Å². The van der Waals surface area contributed by atoms with Gasteiger partial charge in [0.1, 0.15) is 5.01 Å². The van der Waals surface area contributed by atoms with E-state index in [0.29, 0.717) is 21.6 Å². The molecule has 9 heteroatoms. The van der Waals surface area contributed by atoms with Crippen LogP contribution in [0.5, 0.6) is 0 Å². The zero-order valence-electron chi connectivity index (χ0n) is 14.3. The fraction of sp³-hybridized carbons (Fsp3) is 0.235. The fourth-order valence-corrected chi connectivity index (χ4v) is 3.95. The van der Waals surface area contributed by atoms with Crippen LogP contribution in [0.1, 0.15) is 23.2 Å². The van der Waals surface area contributed by atoms with E-state index in [1.54, 1.807) is 0 Å². The molecule has 0 aliphatic heterocycles. The van der Waals surface area contributed by atoms with Crippen LogP contribution >= 0.6 is 23.1 Å². The number of hydrogen-bond donors (Lipinski definition) is 1.